The van der Waals surface area contributed by atoms with Gasteiger partial charge in [-0.05, 0) is 50.7 Å². The summed E-state index contributed by atoms with van der Waals surface area (Å²) in [6.45, 7) is 6.10. The van der Waals surface area contributed by atoms with Gasteiger partial charge in [-0.2, -0.15) is 9.57 Å². The highest BCUT2D eigenvalue weighted by molar-refractivity contribution is 7.89. The molecule has 2 atom stereocenters. The van der Waals surface area contributed by atoms with E-state index < -0.39 is 33.6 Å². The molecule has 1 aromatic rings. The summed E-state index contributed by atoms with van der Waals surface area (Å²) in [7, 11) is -3.85. The number of benzene rings is 1. The van der Waals surface area contributed by atoms with Crippen LogP contribution in [0.5, 0.6) is 0 Å². The first-order valence-corrected chi connectivity index (χ1v) is 11.7. The number of nitrogens with one attached hydrogen (secondary N) is 2. The van der Waals surface area contributed by atoms with Crippen LogP contribution in [-0.2, 0) is 14.8 Å². The molecule has 3 N–H and O–H groups in total. The highest BCUT2D eigenvalue weighted by atomic mass is 32.2. The van der Waals surface area contributed by atoms with Crippen molar-refractivity contribution in [3.8, 4) is 6.07 Å². The molecule has 2 amide bonds. The summed E-state index contributed by atoms with van der Waals surface area (Å²) in [5, 5.41) is 23.5. The maximum atomic E-state index is 13.1. The number of hydrogen-bond donors (Lipinski definition) is 3. The van der Waals surface area contributed by atoms with E-state index in [0.29, 0.717) is 25.7 Å². The minimum absolute atomic E-state index is 0.0206. The van der Waals surface area contributed by atoms with Crippen LogP contribution < -0.4 is 10.6 Å². The van der Waals surface area contributed by atoms with Gasteiger partial charge in [-0.15, -0.1) is 0 Å². The van der Waals surface area contributed by atoms with Crippen molar-refractivity contribution < 1.29 is 23.1 Å². The number of rotatable bonds is 7. The lowest BCUT2D eigenvalue weighted by Gasteiger charge is -2.32. The standard InChI is InChI=1S/C21H30N4O5S/c1-15(2)13-17(23-20(27)28)19(26)24-21(3)9-6-11-25(12-10-21)31(29,30)18-8-5-4-7-16(18)14-22/h4-5,7-8,15,17,23H,6,9-13H2,1-3H3,(H,24,26)(H,27,28)/t17-,21?/m0/s1. The highest BCUT2D eigenvalue weighted by Gasteiger charge is 2.36. The van der Waals surface area contributed by atoms with E-state index in [4.69, 9.17) is 5.11 Å². The van der Waals surface area contributed by atoms with Crippen molar-refractivity contribution in [1.82, 2.24) is 14.9 Å². The zero-order valence-electron chi connectivity index (χ0n) is 18.1. The van der Waals surface area contributed by atoms with Crippen molar-refractivity contribution in [2.24, 2.45) is 5.92 Å². The van der Waals surface area contributed by atoms with Gasteiger partial charge in [0.25, 0.3) is 0 Å². The number of amides is 2. The minimum Gasteiger partial charge on any atom is -0.465 e. The lowest BCUT2D eigenvalue weighted by molar-refractivity contribution is -0.125. The van der Waals surface area contributed by atoms with Crippen molar-refractivity contribution in [2.75, 3.05) is 13.1 Å². The molecule has 0 bridgehead atoms. The van der Waals surface area contributed by atoms with Gasteiger partial charge in [0, 0.05) is 18.6 Å². The Balaban J connectivity index is 2.14. The molecule has 9 nitrogen and oxygen atoms in total. The van der Waals surface area contributed by atoms with Gasteiger partial charge in [-0.25, -0.2) is 13.2 Å². The molecule has 1 unspecified atom stereocenters. The predicted octanol–water partition coefficient (Wildman–Crippen LogP) is 2.29. The molecule has 0 radical (unpaired) electrons. The molecule has 2 rings (SSSR count). The van der Waals surface area contributed by atoms with Gasteiger partial charge in [-0.3, -0.25) is 4.79 Å². The average Bonchev–Trinajstić information content (AvgIpc) is 2.88. The Morgan fingerprint density at radius 3 is 2.55 bits per heavy atom. The number of carbonyl (C=O) groups is 2. The largest absolute Gasteiger partial charge is 0.465 e. The Morgan fingerprint density at radius 2 is 1.94 bits per heavy atom. The molecule has 170 valence electrons. The summed E-state index contributed by atoms with van der Waals surface area (Å²) in [4.78, 5) is 23.8. The molecule has 0 spiro atoms. The maximum Gasteiger partial charge on any atom is 0.405 e. The Morgan fingerprint density at radius 1 is 1.26 bits per heavy atom. The summed E-state index contributed by atoms with van der Waals surface area (Å²) in [6.07, 6.45) is 0.534. The molecule has 1 aliphatic heterocycles. The fraction of sp³-hybridized carbons (Fsp3) is 0.571. The molecular formula is C21H30N4O5S. The van der Waals surface area contributed by atoms with Gasteiger partial charge in [-0.1, -0.05) is 26.0 Å². The minimum atomic E-state index is -3.85. The van der Waals surface area contributed by atoms with Crippen LogP contribution in [0.1, 0.15) is 52.0 Å². The lowest BCUT2D eigenvalue weighted by atomic mass is 9.92. The van der Waals surface area contributed by atoms with E-state index in [0.717, 1.165) is 0 Å². The molecule has 0 aromatic heterocycles. The molecule has 1 fully saturated rings. The van der Waals surface area contributed by atoms with Crippen molar-refractivity contribution >= 4 is 22.0 Å². The quantitative estimate of drug-likeness (QED) is 0.582. The zero-order valence-corrected chi connectivity index (χ0v) is 18.9. The third-order valence-corrected chi connectivity index (χ3v) is 7.38. The van der Waals surface area contributed by atoms with E-state index in [-0.39, 0.29) is 29.5 Å². The van der Waals surface area contributed by atoms with Crippen LogP contribution in [0.2, 0.25) is 0 Å². The van der Waals surface area contributed by atoms with E-state index >= 15 is 0 Å². The zero-order chi connectivity index (χ0) is 23.2. The number of hydrogen-bond acceptors (Lipinski definition) is 5. The molecule has 1 saturated heterocycles. The number of carboxylic acid groups (broad SMARTS) is 1. The first-order chi connectivity index (χ1) is 14.5. The van der Waals surface area contributed by atoms with Crippen LogP contribution in [0.3, 0.4) is 0 Å². The Bertz CT molecular complexity index is 957. The van der Waals surface area contributed by atoms with Gasteiger partial charge < -0.3 is 15.7 Å². The van der Waals surface area contributed by atoms with E-state index in [1.807, 2.05) is 26.8 Å². The van der Waals surface area contributed by atoms with E-state index in [9.17, 15) is 23.3 Å². The van der Waals surface area contributed by atoms with Crippen LogP contribution in [-0.4, -0.2) is 54.5 Å². The van der Waals surface area contributed by atoms with Crippen molar-refractivity contribution in [2.45, 2.75) is 62.9 Å². The molecule has 0 aliphatic carbocycles. The summed E-state index contributed by atoms with van der Waals surface area (Å²) in [5.74, 6) is -0.296. The van der Waals surface area contributed by atoms with E-state index in [2.05, 4.69) is 10.6 Å². The summed E-state index contributed by atoms with van der Waals surface area (Å²) >= 11 is 0. The fourth-order valence-corrected chi connectivity index (χ4v) is 5.40. The Kier molecular flexibility index (Phi) is 8.03. The summed E-state index contributed by atoms with van der Waals surface area (Å²) < 4.78 is 27.6. The number of nitriles is 1. The van der Waals surface area contributed by atoms with E-state index in [1.54, 1.807) is 12.1 Å². The highest BCUT2D eigenvalue weighted by Crippen LogP contribution is 2.27. The number of sulfonamides is 1. The van der Waals surface area contributed by atoms with Crippen LogP contribution in [0.4, 0.5) is 4.79 Å². The van der Waals surface area contributed by atoms with Crippen LogP contribution in [0.15, 0.2) is 29.2 Å². The molecule has 0 saturated carbocycles. The third kappa shape index (κ3) is 6.42. The van der Waals surface area contributed by atoms with Gasteiger partial charge in [0.15, 0.2) is 0 Å². The summed E-state index contributed by atoms with van der Waals surface area (Å²) in [6, 6.07) is 7.15. The molecule has 31 heavy (non-hydrogen) atoms. The average molecular weight is 451 g/mol. The van der Waals surface area contributed by atoms with Gasteiger partial charge in [0.1, 0.15) is 12.1 Å². The van der Waals surface area contributed by atoms with Crippen LogP contribution in [0, 0.1) is 17.2 Å². The monoisotopic (exact) mass is 450 g/mol. The van der Waals surface area contributed by atoms with E-state index in [1.165, 1.54) is 16.4 Å². The van der Waals surface area contributed by atoms with Crippen molar-refractivity contribution in [3.63, 3.8) is 0 Å². The van der Waals surface area contributed by atoms with Gasteiger partial charge in [0.2, 0.25) is 15.9 Å². The first-order valence-electron chi connectivity index (χ1n) is 10.3. The van der Waals surface area contributed by atoms with Crippen molar-refractivity contribution in [1.29, 1.82) is 5.26 Å². The smallest absolute Gasteiger partial charge is 0.405 e. The molecule has 10 heteroatoms. The lowest BCUT2D eigenvalue weighted by Crippen LogP contribution is -2.54. The second-order valence-corrected chi connectivity index (χ2v) is 10.5. The second-order valence-electron chi connectivity index (χ2n) is 8.55. The molecule has 1 aromatic carbocycles. The van der Waals surface area contributed by atoms with Gasteiger partial charge in [0.05, 0.1) is 10.5 Å². The topological polar surface area (TPSA) is 140 Å². The third-order valence-electron chi connectivity index (χ3n) is 5.42. The van der Waals surface area contributed by atoms with Crippen LogP contribution >= 0.6 is 0 Å². The number of carbonyl (C=O) groups excluding carboxylic acids is 1. The number of nitrogens with zero attached hydrogens (tertiary/aromatic N) is 2. The molecule has 1 aliphatic rings. The normalized spacial score (nSPS) is 21.0. The second kappa shape index (κ2) is 10.1. The predicted molar refractivity (Wildman–Crippen MR) is 115 cm³/mol. The van der Waals surface area contributed by atoms with Gasteiger partial charge >= 0.3 is 6.09 Å². The Labute approximate surface area is 183 Å². The maximum absolute atomic E-state index is 13.1. The Hall–Kier alpha value is -2.64. The van der Waals surface area contributed by atoms with Crippen LogP contribution in [0.25, 0.3) is 0 Å². The molecular weight excluding hydrogens is 420 g/mol. The fourth-order valence-electron chi connectivity index (χ4n) is 3.78. The summed E-state index contributed by atoms with van der Waals surface area (Å²) in [5.41, 5.74) is -0.579. The first kappa shape index (κ1) is 24.6. The SMILES string of the molecule is CC(C)C[C@H](NC(=O)O)C(=O)NC1(C)CCCN(S(=O)(=O)c2ccccc2C#N)CC1. The molecule has 1 heterocycles. The van der Waals surface area contributed by atoms with Crippen molar-refractivity contribution in [3.05, 3.63) is 29.8 Å².